The number of carboxylic acid groups (broad SMARTS) is 1. The first kappa shape index (κ1) is 13.7. The molecule has 4 rings (SSSR count). The summed E-state index contributed by atoms with van der Waals surface area (Å²) in [5.74, 6) is 0.230. The van der Waals surface area contributed by atoms with Crippen LogP contribution in [-0.4, -0.2) is 17.7 Å². The second-order valence-electron chi connectivity index (χ2n) is 6.33. The van der Waals surface area contributed by atoms with Gasteiger partial charge in [-0.05, 0) is 62.8 Å². The van der Waals surface area contributed by atoms with Crippen LogP contribution in [0.1, 0.15) is 38.5 Å². The van der Waals surface area contributed by atoms with Crippen molar-refractivity contribution in [2.45, 2.75) is 38.5 Å². The van der Waals surface area contributed by atoms with Crippen molar-refractivity contribution in [1.29, 1.82) is 0 Å². The number of fused-ring (bicyclic) bond motifs is 3. The van der Waals surface area contributed by atoms with Gasteiger partial charge in [0.05, 0.1) is 12.0 Å². The molecule has 20 heavy (non-hydrogen) atoms. The van der Waals surface area contributed by atoms with E-state index >= 15 is 0 Å². The molecule has 1 aromatic rings. The van der Waals surface area contributed by atoms with Crippen molar-refractivity contribution in [3.63, 3.8) is 0 Å². The van der Waals surface area contributed by atoms with Gasteiger partial charge in [-0.25, -0.2) is 0 Å². The molecule has 3 aliphatic rings. The maximum Gasteiger partial charge on any atom is 0.309 e. The summed E-state index contributed by atoms with van der Waals surface area (Å²) < 4.78 is 5.91. The molecule has 4 heteroatoms. The van der Waals surface area contributed by atoms with Gasteiger partial charge in [0.2, 0.25) is 0 Å². The zero-order valence-electron chi connectivity index (χ0n) is 11.4. The van der Waals surface area contributed by atoms with Crippen LogP contribution in [0.15, 0.2) is 24.3 Å². The lowest BCUT2D eigenvalue weighted by Crippen LogP contribution is -2.48. The summed E-state index contributed by atoms with van der Waals surface area (Å²) in [5, 5.41) is 10.1. The number of hydrogen-bond donors (Lipinski definition) is 1. The summed E-state index contributed by atoms with van der Waals surface area (Å²) in [5.41, 5.74) is -0.265. The van der Waals surface area contributed by atoms with Gasteiger partial charge in [-0.3, -0.25) is 4.79 Å². The highest BCUT2D eigenvalue weighted by molar-refractivity contribution is 6.30. The number of ether oxygens (including phenoxy) is 1. The lowest BCUT2D eigenvalue weighted by atomic mass is 9.54. The van der Waals surface area contributed by atoms with Crippen molar-refractivity contribution in [2.24, 2.45) is 10.8 Å². The van der Waals surface area contributed by atoms with E-state index in [1.807, 2.05) is 24.3 Å². The van der Waals surface area contributed by atoms with Crippen molar-refractivity contribution in [1.82, 2.24) is 0 Å². The molecule has 3 saturated carbocycles. The Hall–Kier alpha value is -1.22. The summed E-state index contributed by atoms with van der Waals surface area (Å²) in [4.78, 5) is 11.4. The topological polar surface area (TPSA) is 46.5 Å². The van der Waals surface area contributed by atoms with Crippen LogP contribution >= 0.6 is 11.6 Å². The summed E-state index contributed by atoms with van der Waals surface area (Å²) in [6.07, 6.45) is 5.29. The first-order valence-corrected chi connectivity index (χ1v) is 7.53. The molecule has 0 heterocycles. The first-order valence-electron chi connectivity index (χ1n) is 7.16. The highest BCUT2D eigenvalue weighted by atomic mass is 35.5. The zero-order chi connectivity index (χ0) is 14.2. The van der Waals surface area contributed by atoms with Crippen molar-refractivity contribution < 1.29 is 14.6 Å². The molecular weight excluding hydrogens is 276 g/mol. The Kier molecular flexibility index (Phi) is 3.41. The van der Waals surface area contributed by atoms with E-state index in [0.717, 1.165) is 44.3 Å². The number of carboxylic acids is 1. The van der Waals surface area contributed by atoms with Crippen LogP contribution in [-0.2, 0) is 4.79 Å². The van der Waals surface area contributed by atoms with Crippen LogP contribution in [0, 0.1) is 10.8 Å². The van der Waals surface area contributed by atoms with E-state index in [2.05, 4.69) is 0 Å². The minimum absolute atomic E-state index is 0.177. The smallest absolute Gasteiger partial charge is 0.309 e. The second kappa shape index (κ2) is 4.96. The average Bonchev–Trinajstić information content (AvgIpc) is 2.48. The molecule has 3 aliphatic carbocycles. The molecular formula is C16H19ClO3. The van der Waals surface area contributed by atoms with Crippen molar-refractivity contribution in [3.05, 3.63) is 29.3 Å². The first-order chi connectivity index (χ1) is 9.54. The molecule has 2 bridgehead atoms. The van der Waals surface area contributed by atoms with Gasteiger partial charge < -0.3 is 9.84 Å². The van der Waals surface area contributed by atoms with Crippen molar-refractivity contribution >= 4 is 17.6 Å². The predicted octanol–water partition coefficient (Wildman–Crippen LogP) is 4.14. The van der Waals surface area contributed by atoms with Crippen LogP contribution in [0.2, 0.25) is 5.02 Å². The number of hydrogen-bond acceptors (Lipinski definition) is 2. The molecule has 0 radical (unpaired) electrons. The molecule has 0 atom stereocenters. The van der Waals surface area contributed by atoms with Gasteiger partial charge in [-0.2, -0.15) is 0 Å². The van der Waals surface area contributed by atoms with Crippen LogP contribution in [0.3, 0.4) is 0 Å². The summed E-state index contributed by atoms with van der Waals surface area (Å²) in [7, 11) is 0. The van der Waals surface area contributed by atoms with Crippen molar-refractivity contribution in [3.8, 4) is 5.75 Å². The van der Waals surface area contributed by atoms with E-state index in [1.165, 1.54) is 0 Å². The fourth-order valence-electron chi connectivity index (χ4n) is 3.57. The lowest BCUT2D eigenvalue weighted by molar-refractivity contribution is -0.160. The largest absolute Gasteiger partial charge is 0.493 e. The summed E-state index contributed by atoms with van der Waals surface area (Å²) in [6, 6.07) is 7.41. The van der Waals surface area contributed by atoms with Crippen molar-refractivity contribution in [2.75, 3.05) is 6.61 Å². The molecule has 0 aromatic heterocycles. The normalized spacial score (nSPS) is 32.0. The van der Waals surface area contributed by atoms with Gasteiger partial charge in [0, 0.05) is 10.4 Å². The van der Waals surface area contributed by atoms with E-state index in [0.29, 0.717) is 11.6 Å². The zero-order valence-corrected chi connectivity index (χ0v) is 12.2. The van der Waals surface area contributed by atoms with E-state index < -0.39 is 11.4 Å². The van der Waals surface area contributed by atoms with Gasteiger partial charge >= 0.3 is 5.97 Å². The Labute approximate surface area is 123 Å². The number of benzene rings is 1. The van der Waals surface area contributed by atoms with Gasteiger partial charge in [0.15, 0.2) is 0 Å². The molecule has 3 nitrogen and oxygen atoms in total. The second-order valence-corrected chi connectivity index (χ2v) is 6.76. The molecule has 0 aliphatic heterocycles. The molecule has 0 saturated heterocycles. The van der Waals surface area contributed by atoms with Gasteiger partial charge in [0.1, 0.15) is 5.75 Å². The predicted molar refractivity (Wildman–Crippen MR) is 77.2 cm³/mol. The molecule has 108 valence electrons. The van der Waals surface area contributed by atoms with Gasteiger partial charge in [-0.1, -0.05) is 11.6 Å². The highest BCUT2D eigenvalue weighted by Crippen LogP contribution is 2.57. The average molecular weight is 295 g/mol. The van der Waals surface area contributed by atoms with Crippen LogP contribution in [0.4, 0.5) is 0 Å². The van der Waals surface area contributed by atoms with Gasteiger partial charge in [0.25, 0.3) is 0 Å². The fraction of sp³-hybridized carbons (Fsp3) is 0.562. The molecule has 0 amide bonds. The van der Waals surface area contributed by atoms with E-state index in [-0.39, 0.29) is 5.41 Å². The third-order valence-corrected chi connectivity index (χ3v) is 5.47. The minimum atomic E-state index is -0.607. The van der Waals surface area contributed by atoms with Gasteiger partial charge in [-0.15, -0.1) is 0 Å². The summed E-state index contributed by atoms with van der Waals surface area (Å²) >= 11 is 5.86. The minimum Gasteiger partial charge on any atom is -0.493 e. The maximum atomic E-state index is 11.4. The molecule has 0 unspecified atom stereocenters. The number of aliphatic carboxylic acids is 1. The summed E-state index contributed by atoms with van der Waals surface area (Å²) in [6.45, 7) is 0.685. The van der Waals surface area contributed by atoms with Crippen LogP contribution in [0.5, 0.6) is 5.75 Å². The maximum absolute atomic E-state index is 11.4. The molecule has 1 N–H and O–H groups in total. The molecule has 3 fully saturated rings. The fourth-order valence-corrected chi connectivity index (χ4v) is 3.69. The van der Waals surface area contributed by atoms with E-state index in [9.17, 15) is 9.90 Å². The third-order valence-electron chi connectivity index (χ3n) is 5.21. The number of rotatable bonds is 4. The van der Waals surface area contributed by atoms with E-state index in [4.69, 9.17) is 16.3 Å². The van der Waals surface area contributed by atoms with Crippen LogP contribution in [0.25, 0.3) is 0 Å². The third kappa shape index (κ3) is 2.39. The number of halogens is 1. The standard InChI is InChI=1S/C16H19ClO3/c17-12-1-3-13(4-2-12)20-11-15-5-8-16(9-6-15,10-7-15)14(18)19/h1-4H,5-11H2,(H,18,19). The SMILES string of the molecule is O=C(O)C12CCC(COc3ccc(Cl)cc3)(CC1)CC2. The molecule has 0 spiro atoms. The lowest BCUT2D eigenvalue weighted by Gasteiger charge is -2.51. The molecule has 1 aromatic carbocycles. The Balaban J connectivity index is 1.62. The van der Waals surface area contributed by atoms with Crippen LogP contribution < -0.4 is 4.74 Å². The Morgan fingerprint density at radius 3 is 2.15 bits per heavy atom. The Morgan fingerprint density at radius 2 is 1.65 bits per heavy atom. The highest BCUT2D eigenvalue weighted by Gasteiger charge is 2.52. The Morgan fingerprint density at radius 1 is 1.10 bits per heavy atom. The van der Waals surface area contributed by atoms with E-state index in [1.54, 1.807) is 0 Å². The Bertz CT molecular complexity index is 484. The number of carbonyl (C=O) groups is 1. The quantitative estimate of drug-likeness (QED) is 0.907. The monoisotopic (exact) mass is 294 g/mol.